The van der Waals surface area contributed by atoms with Gasteiger partial charge in [0.05, 0.1) is 0 Å². The van der Waals surface area contributed by atoms with Crippen molar-refractivity contribution in [2.24, 2.45) is 4.90 Å². The second-order valence-corrected chi connectivity index (χ2v) is 2.30. The Hall–Kier alpha value is -0.655. The van der Waals surface area contributed by atoms with E-state index in [-0.39, 0.29) is 0 Å². The van der Waals surface area contributed by atoms with Crippen LogP contribution < -0.4 is 0 Å². The van der Waals surface area contributed by atoms with Crippen molar-refractivity contribution in [2.75, 3.05) is 0 Å². The first-order valence-corrected chi connectivity index (χ1v) is 3.10. The molecule has 9 heavy (non-hydrogen) atoms. The number of rotatable bonds is 1. The van der Waals surface area contributed by atoms with Crippen molar-refractivity contribution in [3.05, 3.63) is 23.4 Å². The van der Waals surface area contributed by atoms with E-state index >= 15 is 0 Å². The minimum atomic E-state index is 0.999. The molecule has 2 heteroatoms. The van der Waals surface area contributed by atoms with Crippen LogP contribution in [0, 0.1) is 0 Å². The summed E-state index contributed by atoms with van der Waals surface area (Å²) in [5, 5.41) is 0. The summed E-state index contributed by atoms with van der Waals surface area (Å²) < 4.78 is 0. The van der Waals surface area contributed by atoms with E-state index in [0.717, 1.165) is 18.5 Å². The molecule has 1 radical (unpaired) electrons. The van der Waals surface area contributed by atoms with E-state index in [0.29, 0.717) is 0 Å². The van der Waals surface area contributed by atoms with Crippen molar-refractivity contribution in [3.63, 3.8) is 0 Å². The Morgan fingerprint density at radius 1 is 1.44 bits per heavy atom. The van der Waals surface area contributed by atoms with Crippen LogP contribution in [-0.2, 0) is 0 Å². The molecule has 0 aromatic carbocycles. The van der Waals surface area contributed by atoms with Gasteiger partial charge in [0.15, 0.2) is 0 Å². The van der Waals surface area contributed by atoms with E-state index in [1.807, 2.05) is 6.08 Å². The van der Waals surface area contributed by atoms with Gasteiger partial charge in [-0.1, -0.05) is 0 Å². The molecule has 0 aromatic heterocycles. The van der Waals surface area contributed by atoms with Gasteiger partial charge >= 0.3 is 55.7 Å². The summed E-state index contributed by atoms with van der Waals surface area (Å²) in [6.45, 7) is 2.11. The fraction of sp³-hybridized carbons (Fsp3) is 0.429. The molecule has 0 saturated carbocycles. The average Bonchev–Trinajstić information content (AvgIpc) is 1.90. The van der Waals surface area contributed by atoms with Gasteiger partial charge in [-0.15, -0.1) is 0 Å². The summed E-state index contributed by atoms with van der Waals surface area (Å²) in [6.07, 6.45) is 6.14. The van der Waals surface area contributed by atoms with Gasteiger partial charge in [0.1, 0.15) is 0 Å². The molecule has 0 atom stereocenters. The van der Waals surface area contributed by atoms with Crippen LogP contribution in [0.1, 0.15) is 19.8 Å². The minimum absolute atomic E-state index is 0.999. The Morgan fingerprint density at radius 3 is 2.67 bits per heavy atom. The van der Waals surface area contributed by atoms with E-state index in [2.05, 4.69) is 17.9 Å². The van der Waals surface area contributed by atoms with Gasteiger partial charge in [0.25, 0.3) is 0 Å². The first-order chi connectivity index (χ1) is 4.33. The molecule has 1 rings (SSSR count). The Bertz CT molecular complexity index is 179. The predicted octanol–water partition coefficient (Wildman–Crippen LogP) is 1.96. The van der Waals surface area contributed by atoms with Crippen LogP contribution in [-0.4, -0.2) is 7.64 Å². The Morgan fingerprint density at radius 2 is 2.22 bits per heavy atom. The SMILES string of the molecule is [B]=NC1=CC=C(C)CC1. The van der Waals surface area contributed by atoms with Gasteiger partial charge in [0, 0.05) is 0 Å². The average molecular weight is 118 g/mol. The molecule has 0 saturated heterocycles. The van der Waals surface area contributed by atoms with Crippen molar-refractivity contribution < 1.29 is 0 Å². The number of nitrogens with zero attached hydrogens (tertiary/aromatic N) is 1. The molecule has 0 aromatic rings. The molecular formula is C7H9BN. The monoisotopic (exact) mass is 118 g/mol. The summed E-state index contributed by atoms with van der Waals surface area (Å²) in [5.74, 6) is 0. The maximum atomic E-state index is 5.08. The number of hydrogen-bond donors (Lipinski definition) is 0. The van der Waals surface area contributed by atoms with E-state index in [9.17, 15) is 0 Å². The molecular weight excluding hydrogens is 109 g/mol. The van der Waals surface area contributed by atoms with Crippen LogP contribution in [0.3, 0.4) is 0 Å². The van der Waals surface area contributed by atoms with Crippen LogP contribution in [0.4, 0.5) is 0 Å². The molecule has 0 amide bonds. The third-order valence-corrected chi connectivity index (χ3v) is 1.50. The molecule has 1 nitrogen and oxygen atoms in total. The topological polar surface area (TPSA) is 12.4 Å². The fourth-order valence-electron chi connectivity index (χ4n) is 0.838. The molecule has 0 bridgehead atoms. The van der Waals surface area contributed by atoms with E-state index in [4.69, 9.17) is 7.64 Å². The van der Waals surface area contributed by atoms with Crippen LogP contribution in [0.25, 0.3) is 0 Å². The third-order valence-electron chi connectivity index (χ3n) is 1.50. The molecule has 0 unspecified atom stereocenters. The van der Waals surface area contributed by atoms with Crippen molar-refractivity contribution in [1.29, 1.82) is 0 Å². The van der Waals surface area contributed by atoms with E-state index in [1.165, 1.54) is 5.57 Å². The van der Waals surface area contributed by atoms with Crippen molar-refractivity contribution in [2.45, 2.75) is 19.8 Å². The summed E-state index contributed by atoms with van der Waals surface area (Å²) >= 11 is 0. The van der Waals surface area contributed by atoms with Gasteiger partial charge < -0.3 is 0 Å². The second kappa shape index (κ2) is 2.76. The van der Waals surface area contributed by atoms with Crippen molar-refractivity contribution in [3.8, 4) is 0 Å². The van der Waals surface area contributed by atoms with Crippen molar-refractivity contribution >= 4 is 7.64 Å². The van der Waals surface area contributed by atoms with Crippen LogP contribution >= 0.6 is 0 Å². The third kappa shape index (κ3) is 1.63. The van der Waals surface area contributed by atoms with Crippen LogP contribution in [0.5, 0.6) is 0 Å². The summed E-state index contributed by atoms with van der Waals surface area (Å²) in [4.78, 5) is 3.60. The summed E-state index contributed by atoms with van der Waals surface area (Å²) in [7, 11) is 5.08. The summed E-state index contributed by atoms with van der Waals surface area (Å²) in [5.41, 5.74) is 2.41. The van der Waals surface area contributed by atoms with E-state index in [1.54, 1.807) is 0 Å². The molecule has 0 heterocycles. The molecule has 1 aliphatic carbocycles. The van der Waals surface area contributed by atoms with Gasteiger partial charge in [-0.2, -0.15) is 0 Å². The quantitative estimate of drug-likeness (QED) is 0.466. The first-order valence-electron chi connectivity index (χ1n) is 3.10. The van der Waals surface area contributed by atoms with Gasteiger partial charge in [0.2, 0.25) is 0 Å². The Labute approximate surface area is 56.6 Å². The number of hydrogen-bond acceptors (Lipinski definition) is 1. The zero-order valence-corrected chi connectivity index (χ0v) is 5.59. The van der Waals surface area contributed by atoms with Gasteiger partial charge in [-0.3, -0.25) is 0 Å². The Balaban J connectivity index is 2.69. The van der Waals surface area contributed by atoms with Gasteiger partial charge in [-0.05, 0) is 0 Å². The zero-order chi connectivity index (χ0) is 6.69. The van der Waals surface area contributed by atoms with Crippen molar-refractivity contribution in [1.82, 2.24) is 0 Å². The van der Waals surface area contributed by atoms with Crippen LogP contribution in [0.15, 0.2) is 28.3 Å². The zero-order valence-electron chi connectivity index (χ0n) is 5.59. The maximum absolute atomic E-state index is 5.08. The van der Waals surface area contributed by atoms with Gasteiger partial charge in [-0.25, -0.2) is 0 Å². The molecule has 0 spiro atoms. The standard InChI is InChI=1S/C7H9BN/c1-6-2-4-7(9-8)5-3-6/h2,4H,3,5H2,1H3. The molecule has 0 aliphatic heterocycles. The Kier molecular flexibility index (Phi) is 1.98. The molecule has 0 N–H and O–H groups in total. The molecule has 1 aliphatic rings. The van der Waals surface area contributed by atoms with E-state index < -0.39 is 0 Å². The normalized spacial score (nSPS) is 18.2. The second-order valence-electron chi connectivity index (χ2n) is 2.30. The molecule has 0 fully saturated rings. The molecule has 45 valence electrons. The van der Waals surface area contributed by atoms with Crippen LogP contribution in [0.2, 0.25) is 0 Å². The predicted molar refractivity (Wildman–Crippen MR) is 39.3 cm³/mol. The number of allylic oxidation sites excluding steroid dienone is 4. The fourth-order valence-corrected chi connectivity index (χ4v) is 0.838. The summed E-state index contributed by atoms with van der Waals surface area (Å²) in [6, 6.07) is 0. The first kappa shape index (κ1) is 6.46.